The number of ether oxygens (including phenoxy) is 1. The fourth-order valence-electron chi connectivity index (χ4n) is 1.84. The molecule has 21 heavy (non-hydrogen) atoms. The molecule has 0 saturated carbocycles. The predicted octanol–water partition coefficient (Wildman–Crippen LogP) is 2.43. The Morgan fingerprint density at radius 2 is 2.00 bits per heavy atom. The minimum atomic E-state index is -0.359. The lowest BCUT2D eigenvalue weighted by atomic mass is 10.1. The highest BCUT2D eigenvalue weighted by Crippen LogP contribution is 2.28. The maximum Gasteiger partial charge on any atom is 0.250 e. The van der Waals surface area contributed by atoms with E-state index in [1.54, 1.807) is 20.8 Å². The van der Waals surface area contributed by atoms with Crippen LogP contribution in [0.5, 0.6) is 11.6 Å². The number of nitrogens with zero attached hydrogens (tertiary/aromatic N) is 3. The lowest BCUT2D eigenvalue weighted by Gasteiger charge is -2.13. The average Bonchev–Trinajstić information content (AvgIpc) is 2.45. The van der Waals surface area contributed by atoms with Crippen molar-refractivity contribution >= 4 is 5.84 Å². The highest BCUT2D eigenvalue weighted by molar-refractivity contribution is 6.00. The van der Waals surface area contributed by atoms with Crippen LogP contribution in [0.3, 0.4) is 0 Å². The average molecular weight is 290 g/mol. The second-order valence-electron chi connectivity index (χ2n) is 4.59. The summed E-state index contributed by atoms with van der Waals surface area (Å²) < 4.78 is 18.8. The van der Waals surface area contributed by atoms with Gasteiger partial charge in [-0.25, -0.2) is 4.39 Å². The van der Waals surface area contributed by atoms with E-state index >= 15 is 0 Å². The van der Waals surface area contributed by atoms with E-state index in [0.717, 1.165) is 0 Å². The molecule has 0 aliphatic heterocycles. The van der Waals surface area contributed by atoms with Crippen molar-refractivity contribution in [1.29, 1.82) is 0 Å². The molecule has 110 valence electrons. The number of benzene rings is 1. The summed E-state index contributed by atoms with van der Waals surface area (Å²) in [6.07, 6.45) is 0. The van der Waals surface area contributed by atoms with Gasteiger partial charge >= 0.3 is 0 Å². The zero-order valence-corrected chi connectivity index (χ0v) is 11.9. The van der Waals surface area contributed by atoms with Crippen molar-refractivity contribution in [2.24, 2.45) is 10.9 Å². The molecule has 7 heteroatoms. The largest absolute Gasteiger partial charge is 0.437 e. The number of nitrogens with two attached hydrogens (primary N) is 1. The maximum atomic E-state index is 13.1. The van der Waals surface area contributed by atoms with E-state index < -0.39 is 0 Å². The predicted molar refractivity (Wildman–Crippen MR) is 75.2 cm³/mol. The van der Waals surface area contributed by atoms with Gasteiger partial charge in [0.15, 0.2) is 5.84 Å². The Bertz CT molecular complexity index is 716. The number of amidine groups is 1. The van der Waals surface area contributed by atoms with Crippen LogP contribution in [0, 0.1) is 26.6 Å². The van der Waals surface area contributed by atoms with Gasteiger partial charge < -0.3 is 15.7 Å². The zero-order chi connectivity index (χ0) is 15.6. The van der Waals surface area contributed by atoms with Crippen LogP contribution in [-0.2, 0) is 0 Å². The van der Waals surface area contributed by atoms with Crippen molar-refractivity contribution in [3.63, 3.8) is 0 Å². The van der Waals surface area contributed by atoms with Crippen molar-refractivity contribution in [2.75, 3.05) is 0 Å². The molecule has 3 N–H and O–H groups in total. The third kappa shape index (κ3) is 2.91. The Hall–Kier alpha value is -2.70. The summed E-state index contributed by atoms with van der Waals surface area (Å²) in [5, 5.41) is 19.8. The monoisotopic (exact) mass is 290 g/mol. The van der Waals surface area contributed by atoms with E-state index in [1.807, 2.05) is 0 Å². The molecule has 0 unspecified atom stereocenters. The topological polar surface area (TPSA) is 93.6 Å². The molecular weight excluding hydrogens is 275 g/mol. The molecule has 1 aromatic heterocycles. The lowest BCUT2D eigenvalue weighted by Crippen LogP contribution is -2.18. The minimum absolute atomic E-state index is 0.100. The second-order valence-corrected chi connectivity index (χ2v) is 4.59. The van der Waals surface area contributed by atoms with Crippen LogP contribution in [0.2, 0.25) is 0 Å². The standard InChI is InChI=1S/C14H15FN4O2/c1-7-6-10(15)4-5-11(7)21-14-12(13(16)19-20)8(2)9(3)17-18-14/h4-6,20H,1-3H3,(H2,16,19). The number of halogens is 1. The Kier molecular flexibility index (Phi) is 4.02. The van der Waals surface area contributed by atoms with Crippen molar-refractivity contribution in [3.05, 3.63) is 46.4 Å². The first-order valence-electron chi connectivity index (χ1n) is 6.19. The maximum absolute atomic E-state index is 13.1. The summed E-state index contributed by atoms with van der Waals surface area (Å²) in [5.41, 5.74) is 7.95. The van der Waals surface area contributed by atoms with Crippen LogP contribution >= 0.6 is 0 Å². The van der Waals surface area contributed by atoms with Gasteiger partial charge in [0, 0.05) is 0 Å². The first-order chi connectivity index (χ1) is 9.93. The van der Waals surface area contributed by atoms with Crippen molar-refractivity contribution in [3.8, 4) is 11.6 Å². The van der Waals surface area contributed by atoms with Crippen molar-refractivity contribution in [2.45, 2.75) is 20.8 Å². The highest BCUT2D eigenvalue weighted by atomic mass is 19.1. The smallest absolute Gasteiger partial charge is 0.250 e. The van der Waals surface area contributed by atoms with Gasteiger partial charge in [-0.3, -0.25) is 0 Å². The van der Waals surface area contributed by atoms with E-state index in [1.165, 1.54) is 18.2 Å². The number of hydrogen-bond donors (Lipinski definition) is 2. The molecule has 6 nitrogen and oxygen atoms in total. The quantitative estimate of drug-likeness (QED) is 0.392. The molecule has 1 heterocycles. The molecule has 1 aromatic carbocycles. The third-order valence-electron chi connectivity index (χ3n) is 3.13. The van der Waals surface area contributed by atoms with Gasteiger partial charge in [0.2, 0.25) is 5.88 Å². The minimum Gasteiger partial charge on any atom is -0.437 e. The molecule has 2 aromatic rings. The fraction of sp³-hybridized carbons (Fsp3) is 0.214. The lowest BCUT2D eigenvalue weighted by molar-refractivity contribution is 0.318. The van der Waals surface area contributed by atoms with Crippen LogP contribution in [0.15, 0.2) is 23.4 Å². The number of aryl methyl sites for hydroxylation is 2. The van der Waals surface area contributed by atoms with E-state index in [0.29, 0.717) is 28.1 Å². The molecule has 0 radical (unpaired) electrons. The summed E-state index contributed by atoms with van der Waals surface area (Å²) in [6.45, 7) is 5.22. The molecule has 0 fully saturated rings. The molecule has 0 atom stereocenters. The summed E-state index contributed by atoms with van der Waals surface area (Å²) in [7, 11) is 0. The highest BCUT2D eigenvalue weighted by Gasteiger charge is 2.18. The Balaban J connectivity index is 2.52. The van der Waals surface area contributed by atoms with Crippen LogP contribution in [0.4, 0.5) is 4.39 Å². The van der Waals surface area contributed by atoms with Crippen molar-refractivity contribution in [1.82, 2.24) is 10.2 Å². The van der Waals surface area contributed by atoms with Gasteiger partial charge in [-0.1, -0.05) is 5.16 Å². The molecule has 0 aliphatic carbocycles. The molecular formula is C14H15FN4O2. The normalized spacial score (nSPS) is 11.5. The molecule has 0 saturated heterocycles. The number of hydrogen-bond acceptors (Lipinski definition) is 5. The van der Waals surface area contributed by atoms with Gasteiger partial charge in [-0.2, -0.15) is 5.10 Å². The molecule has 0 bridgehead atoms. The summed E-state index contributed by atoms with van der Waals surface area (Å²) in [5.74, 6) is 0.0343. The van der Waals surface area contributed by atoms with Crippen molar-refractivity contribution < 1.29 is 14.3 Å². The molecule has 0 spiro atoms. The van der Waals surface area contributed by atoms with Gasteiger partial charge in [-0.05, 0) is 50.1 Å². The van der Waals surface area contributed by atoms with E-state index in [-0.39, 0.29) is 17.5 Å². The Labute approximate surface area is 121 Å². The Morgan fingerprint density at radius 1 is 1.29 bits per heavy atom. The molecule has 0 amide bonds. The van der Waals surface area contributed by atoms with E-state index in [9.17, 15) is 4.39 Å². The Morgan fingerprint density at radius 3 is 2.62 bits per heavy atom. The number of aromatic nitrogens is 2. The first-order valence-corrected chi connectivity index (χ1v) is 6.19. The molecule has 2 rings (SSSR count). The van der Waals surface area contributed by atoms with Crippen LogP contribution in [0.25, 0.3) is 0 Å². The summed E-state index contributed by atoms with van der Waals surface area (Å²) >= 11 is 0. The van der Waals surface area contributed by atoms with Gasteiger partial charge in [-0.15, -0.1) is 5.10 Å². The summed E-state index contributed by atoms with van der Waals surface area (Å²) in [4.78, 5) is 0. The van der Waals surface area contributed by atoms with Crippen LogP contribution in [0.1, 0.15) is 22.4 Å². The zero-order valence-electron chi connectivity index (χ0n) is 11.9. The second kappa shape index (κ2) is 5.74. The SMILES string of the molecule is Cc1cc(F)ccc1Oc1nnc(C)c(C)c1/C(N)=N/O. The van der Waals surface area contributed by atoms with Crippen LogP contribution < -0.4 is 10.5 Å². The van der Waals surface area contributed by atoms with E-state index in [2.05, 4.69) is 15.4 Å². The fourth-order valence-corrected chi connectivity index (χ4v) is 1.84. The third-order valence-corrected chi connectivity index (χ3v) is 3.13. The summed E-state index contributed by atoms with van der Waals surface area (Å²) in [6, 6.07) is 4.10. The van der Waals surface area contributed by atoms with Crippen LogP contribution in [-0.4, -0.2) is 21.2 Å². The molecule has 0 aliphatic rings. The van der Waals surface area contributed by atoms with Gasteiger partial charge in [0.05, 0.1) is 11.3 Å². The van der Waals surface area contributed by atoms with E-state index in [4.69, 9.17) is 15.7 Å². The van der Waals surface area contributed by atoms with Gasteiger partial charge in [0.25, 0.3) is 0 Å². The number of rotatable bonds is 3. The number of oxime groups is 1. The van der Waals surface area contributed by atoms with Gasteiger partial charge in [0.1, 0.15) is 11.6 Å². The first kappa shape index (κ1) is 14.7.